The van der Waals surface area contributed by atoms with Crippen molar-refractivity contribution in [2.75, 3.05) is 6.54 Å². The van der Waals surface area contributed by atoms with Crippen LogP contribution in [0.3, 0.4) is 0 Å². The molecule has 1 aliphatic carbocycles. The van der Waals surface area contributed by atoms with Crippen molar-refractivity contribution in [3.05, 3.63) is 22.8 Å². The summed E-state index contributed by atoms with van der Waals surface area (Å²) in [5, 5.41) is 0. The van der Waals surface area contributed by atoms with Gasteiger partial charge in [0.1, 0.15) is 5.82 Å². The molecule has 0 saturated heterocycles. The van der Waals surface area contributed by atoms with E-state index in [1.165, 1.54) is 0 Å². The quantitative estimate of drug-likeness (QED) is 0.905. The highest BCUT2D eigenvalue weighted by Gasteiger charge is 2.37. The molecular formula is C11H15ClF3N3. The molecule has 0 fully saturated rings. The summed E-state index contributed by atoms with van der Waals surface area (Å²) in [6, 6.07) is 0. The lowest BCUT2D eigenvalue weighted by molar-refractivity contribution is -0.142. The predicted octanol–water partition coefficient (Wildman–Crippen LogP) is 2.30. The molecule has 0 bridgehead atoms. The molecular weight excluding hydrogens is 267 g/mol. The van der Waals surface area contributed by atoms with Crippen molar-refractivity contribution in [2.45, 2.75) is 38.3 Å². The minimum Gasteiger partial charge on any atom is -0.330 e. The molecule has 0 atom stereocenters. The van der Waals surface area contributed by atoms with Gasteiger partial charge in [0.25, 0.3) is 0 Å². The van der Waals surface area contributed by atoms with Crippen LogP contribution in [0, 0.1) is 0 Å². The molecule has 0 radical (unpaired) electrons. The van der Waals surface area contributed by atoms with E-state index in [-0.39, 0.29) is 36.8 Å². The monoisotopic (exact) mass is 281 g/mol. The van der Waals surface area contributed by atoms with Crippen LogP contribution in [-0.4, -0.2) is 16.5 Å². The van der Waals surface area contributed by atoms with Crippen molar-refractivity contribution in [3.8, 4) is 0 Å². The molecule has 2 rings (SSSR count). The van der Waals surface area contributed by atoms with Crippen molar-refractivity contribution < 1.29 is 13.2 Å². The van der Waals surface area contributed by atoms with E-state index in [1.54, 1.807) is 0 Å². The van der Waals surface area contributed by atoms with E-state index in [0.29, 0.717) is 18.5 Å². The Kier molecular flexibility index (Phi) is 4.92. The van der Waals surface area contributed by atoms with Gasteiger partial charge in [0.05, 0.1) is 0 Å². The molecule has 0 saturated carbocycles. The lowest BCUT2D eigenvalue weighted by atomic mass is 9.94. The van der Waals surface area contributed by atoms with Gasteiger partial charge in [-0.15, -0.1) is 12.4 Å². The van der Waals surface area contributed by atoms with Crippen LogP contribution in [0.1, 0.15) is 35.6 Å². The second kappa shape index (κ2) is 5.84. The number of halogens is 4. The van der Waals surface area contributed by atoms with E-state index in [2.05, 4.69) is 9.97 Å². The molecule has 1 aromatic rings. The maximum atomic E-state index is 12.9. The minimum absolute atomic E-state index is 0. The Hall–Kier alpha value is -0.880. The molecule has 2 N–H and O–H groups in total. The third-order valence-electron chi connectivity index (χ3n) is 2.87. The topological polar surface area (TPSA) is 51.8 Å². The maximum absolute atomic E-state index is 12.9. The van der Waals surface area contributed by atoms with Crippen LogP contribution >= 0.6 is 12.4 Å². The van der Waals surface area contributed by atoms with Crippen LogP contribution in [0.15, 0.2) is 0 Å². The highest BCUT2D eigenvalue weighted by Crippen LogP contribution is 2.34. The zero-order valence-electron chi connectivity index (χ0n) is 9.76. The number of hydrogen-bond donors (Lipinski definition) is 1. The zero-order valence-corrected chi connectivity index (χ0v) is 10.6. The van der Waals surface area contributed by atoms with Gasteiger partial charge in [-0.25, -0.2) is 9.97 Å². The molecule has 1 heterocycles. The van der Waals surface area contributed by atoms with Gasteiger partial charge >= 0.3 is 6.18 Å². The molecule has 0 unspecified atom stereocenters. The molecule has 7 heteroatoms. The van der Waals surface area contributed by atoms with Gasteiger partial charge in [0.2, 0.25) is 0 Å². The second-order valence-electron chi connectivity index (χ2n) is 4.16. The van der Waals surface area contributed by atoms with Crippen molar-refractivity contribution in [1.29, 1.82) is 0 Å². The van der Waals surface area contributed by atoms with E-state index in [0.717, 1.165) is 12.8 Å². The number of alkyl halides is 3. The first-order chi connectivity index (χ1) is 8.02. The van der Waals surface area contributed by atoms with E-state index in [9.17, 15) is 13.2 Å². The number of fused-ring (bicyclic) bond motifs is 1. The lowest BCUT2D eigenvalue weighted by Gasteiger charge is -2.20. The number of aryl methyl sites for hydroxylation is 1. The zero-order chi connectivity index (χ0) is 12.5. The Morgan fingerprint density at radius 3 is 2.39 bits per heavy atom. The summed E-state index contributed by atoms with van der Waals surface area (Å²) in [5.41, 5.74) is 5.42. The Bertz CT molecular complexity index is 421. The molecule has 0 spiro atoms. The second-order valence-corrected chi connectivity index (χ2v) is 4.16. The van der Waals surface area contributed by atoms with E-state index < -0.39 is 11.9 Å². The summed E-state index contributed by atoms with van der Waals surface area (Å²) in [6.45, 7) is 0.260. The first-order valence-electron chi connectivity index (χ1n) is 5.68. The Balaban J connectivity index is 0.00000162. The first-order valence-corrected chi connectivity index (χ1v) is 5.68. The van der Waals surface area contributed by atoms with E-state index in [1.807, 2.05) is 0 Å². The van der Waals surface area contributed by atoms with Crippen LogP contribution in [0.4, 0.5) is 13.2 Å². The van der Waals surface area contributed by atoms with Crippen LogP contribution in [-0.2, 0) is 25.4 Å². The fourth-order valence-electron chi connectivity index (χ4n) is 2.12. The van der Waals surface area contributed by atoms with Gasteiger partial charge in [-0.3, -0.25) is 0 Å². The third-order valence-corrected chi connectivity index (χ3v) is 2.87. The summed E-state index contributed by atoms with van der Waals surface area (Å²) in [4.78, 5) is 7.82. The van der Waals surface area contributed by atoms with E-state index >= 15 is 0 Å². The predicted molar refractivity (Wildman–Crippen MR) is 63.7 cm³/mol. The molecule has 18 heavy (non-hydrogen) atoms. The van der Waals surface area contributed by atoms with Gasteiger partial charge in [-0.2, -0.15) is 13.2 Å². The van der Waals surface area contributed by atoms with Crippen molar-refractivity contribution >= 4 is 12.4 Å². The van der Waals surface area contributed by atoms with Crippen LogP contribution < -0.4 is 5.73 Å². The Labute approximate surface area is 109 Å². The first kappa shape index (κ1) is 15.2. The Morgan fingerprint density at radius 2 is 1.78 bits per heavy atom. The van der Waals surface area contributed by atoms with E-state index in [4.69, 9.17) is 5.73 Å². The number of hydrogen-bond acceptors (Lipinski definition) is 3. The molecule has 1 aliphatic rings. The van der Waals surface area contributed by atoms with Gasteiger partial charge < -0.3 is 5.73 Å². The number of nitrogens with zero attached hydrogens (tertiary/aromatic N) is 2. The summed E-state index contributed by atoms with van der Waals surface area (Å²) < 4.78 is 38.6. The molecule has 0 aromatic carbocycles. The number of nitrogens with two attached hydrogens (primary N) is 1. The highest BCUT2D eigenvalue weighted by molar-refractivity contribution is 5.85. The normalized spacial score (nSPS) is 14.9. The lowest BCUT2D eigenvalue weighted by Crippen LogP contribution is -2.21. The van der Waals surface area contributed by atoms with Gasteiger partial charge in [-0.1, -0.05) is 0 Å². The fourth-order valence-corrected chi connectivity index (χ4v) is 2.12. The van der Waals surface area contributed by atoms with Gasteiger partial charge in [-0.05, 0) is 32.2 Å². The van der Waals surface area contributed by atoms with Gasteiger partial charge in [0.15, 0.2) is 5.69 Å². The van der Waals surface area contributed by atoms with Crippen LogP contribution in [0.2, 0.25) is 0 Å². The van der Waals surface area contributed by atoms with Crippen molar-refractivity contribution in [1.82, 2.24) is 9.97 Å². The Morgan fingerprint density at radius 1 is 1.11 bits per heavy atom. The van der Waals surface area contributed by atoms with Crippen LogP contribution in [0.5, 0.6) is 0 Å². The largest absolute Gasteiger partial charge is 0.433 e. The average Bonchev–Trinajstić information content (AvgIpc) is 2.27. The smallest absolute Gasteiger partial charge is 0.330 e. The van der Waals surface area contributed by atoms with Gasteiger partial charge in [0, 0.05) is 17.7 Å². The molecule has 102 valence electrons. The standard InChI is InChI=1S/C11H14F3N3.ClH/c12-11(13,14)10-7-3-1-2-4-8(7)16-9(17-10)5-6-15;/h1-6,15H2;1H. The maximum Gasteiger partial charge on any atom is 0.433 e. The molecule has 1 aromatic heterocycles. The van der Waals surface area contributed by atoms with Crippen molar-refractivity contribution in [2.24, 2.45) is 5.73 Å². The summed E-state index contributed by atoms with van der Waals surface area (Å²) in [5.74, 6) is 0.209. The van der Waals surface area contributed by atoms with Crippen LogP contribution in [0.25, 0.3) is 0 Å². The average molecular weight is 282 g/mol. The summed E-state index contributed by atoms with van der Waals surface area (Å²) in [7, 11) is 0. The SMILES string of the molecule is Cl.NCCc1nc2c(c(C(F)(F)F)n1)CCCC2. The number of rotatable bonds is 2. The minimum atomic E-state index is -4.40. The summed E-state index contributed by atoms with van der Waals surface area (Å²) >= 11 is 0. The molecule has 0 aliphatic heterocycles. The van der Waals surface area contributed by atoms with Crippen molar-refractivity contribution in [3.63, 3.8) is 0 Å². The molecule has 3 nitrogen and oxygen atoms in total. The third kappa shape index (κ3) is 3.11. The fraction of sp³-hybridized carbons (Fsp3) is 0.636. The summed E-state index contributed by atoms with van der Waals surface area (Å²) in [6.07, 6.45) is -1.41. The highest BCUT2D eigenvalue weighted by atomic mass is 35.5. The molecule has 0 amide bonds. The number of aromatic nitrogens is 2.